The van der Waals surface area contributed by atoms with Crippen LogP contribution in [-0.2, 0) is 0 Å². The van der Waals surface area contributed by atoms with Crippen molar-refractivity contribution in [1.29, 1.82) is 0 Å². The molecule has 1 saturated carbocycles. The van der Waals surface area contributed by atoms with Gasteiger partial charge in [-0.2, -0.15) is 0 Å². The molecule has 1 aliphatic rings. The highest BCUT2D eigenvalue weighted by Crippen LogP contribution is 2.39. The van der Waals surface area contributed by atoms with Gasteiger partial charge in [0.1, 0.15) is 5.82 Å². The van der Waals surface area contributed by atoms with E-state index in [9.17, 15) is 0 Å². The van der Waals surface area contributed by atoms with Gasteiger partial charge < -0.3 is 10.3 Å². The van der Waals surface area contributed by atoms with Crippen molar-refractivity contribution in [2.24, 2.45) is 11.3 Å². The first-order valence-electron chi connectivity index (χ1n) is 6.89. The minimum absolute atomic E-state index is 0.430. The summed E-state index contributed by atoms with van der Waals surface area (Å²) < 4.78 is 0. The number of hydrogen-bond donors (Lipinski definition) is 2. The van der Waals surface area contributed by atoms with Crippen molar-refractivity contribution in [3.8, 4) is 0 Å². The highest BCUT2D eigenvalue weighted by Gasteiger charge is 2.30. The zero-order valence-electron chi connectivity index (χ0n) is 12.2. The first-order valence-corrected chi connectivity index (χ1v) is 7.65. The average Bonchev–Trinajstić information content (AvgIpc) is 2.38. The van der Waals surface area contributed by atoms with E-state index in [0.29, 0.717) is 27.3 Å². The third-order valence-corrected chi connectivity index (χ3v) is 4.80. The number of anilines is 2. The summed E-state index contributed by atoms with van der Waals surface area (Å²) >= 11 is 12.3. The highest BCUT2D eigenvalue weighted by atomic mass is 35.5. The second-order valence-corrected chi connectivity index (χ2v) is 7.09. The van der Waals surface area contributed by atoms with Gasteiger partial charge in [0.05, 0.1) is 10.0 Å². The van der Waals surface area contributed by atoms with Crippen molar-refractivity contribution in [3.63, 3.8) is 0 Å². The molecule has 1 aromatic heterocycles. The molecule has 1 aliphatic carbocycles. The molecule has 6 heteroatoms. The van der Waals surface area contributed by atoms with Gasteiger partial charge in [-0.25, -0.2) is 10.8 Å². The average molecular weight is 317 g/mol. The second kappa shape index (κ2) is 5.96. The molecular formula is C14H22Cl2N4. The van der Waals surface area contributed by atoms with Crippen molar-refractivity contribution in [2.75, 3.05) is 17.4 Å². The molecule has 112 valence electrons. The Kier molecular flexibility index (Phi) is 4.67. The van der Waals surface area contributed by atoms with Crippen LogP contribution >= 0.6 is 23.2 Å². The van der Waals surface area contributed by atoms with E-state index in [1.54, 1.807) is 6.07 Å². The van der Waals surface area contributed by atoms with Gasteiger partial charge >= 0.3 is 0 Å². The molecule has 2 rings (SSSR count). The fourth-order valence-corrected chi connectivity index (χ4v) is 3.30. The number of nitrogens with two attached hydrogens (primary N) is 1. The van der Waals surface area contributed by atoms with Gasteiger partial charge in [0.2, 0.25) is 0 Å². The van der Waals surface area contributed by atoms with E-state index in [4.69, 9.17) is 29.0 Å². The maximum absolute atomic E-state index is 6.27. The normalized spacial score (nSPS) is 18.9. The van der Waals surface area contributed by atoms with E-state index in [1.165, 1.54) is 12.8 Å². The zero-order chi connectivity index (χ0) is 14.9. The Hall–Kier alpha value is -0.710. The summed E-state index contributed by atoms with van der Waals surface area (Å²) in [5, 5.41) is 0.987. The van der Waals surface area contributed by atoms with Gasteiger partial charge in [-0.1, -0.05) is 37.0 Å². The molecule has 1 heterocycles. The Labute approximate surface area is 130 Å². The Morgan fingerprint density at radius 3 is 2.45 bits per heavy atom. The number of aromatic nitrogens is 1. The van der Waals surface area contributed by atoms with Crippen molar-refractivity contribution in [3.05, 3.63) is 16.1 Å². The zero-order valence-corrected chi connectivity index (χ0v) is 13.7. The molecular weight excluding hydrogens is 295 g/mol. The summed E-state index contributed by atoms with van der Waals surface area (Å²) in [6.45, 7) is 4.65. The first kappa shape index (κ1) is 15.7. The van der Waals surface area contributed by atoms with Crippen LogP contribution in [0.4, 0.5) is 11.6 Å². The van der Waals surface area contributed by atoms with Crippen LogP contribution in [0.2, 0.25) is 10.0 Å². The lowest BCUT2D eigenvalue weighted by atomic mass is 9.75. The number of nitrogens with zero attached hydrogens (tertiary/aromatic N) is 2. The maximum atomic E-state index is 6.27. The van der Waals surface area contributed by atoms with E-state index < -0.39 is 0 Å². The fourth-order valence-electron chi connectivity index (χ4n) is 2.75. The summed E-state index contributed by atoms with van der Waals surface area (Å²) in [5.41, 5.74) is 2.95. The predicted molar refractivity (Wildman–Crippen MR) is 86.5 cm³/mol. The topological polar surface area (TPSA) is 54.2 Å². The third-order valence-electron chi connectivity index (χ3n) is 4.24. The SMILES string of the molecule is CN(c1nc(NN)c(Cl)cc1Cl)C1CCC(C)(C)CC1. The van der Waals surface area contributed by atoms with E-state index in [2.05, 4.69) is 29.2 Å². The molecule has 3 N–H and O–H groups in total. The minimum atomic E-state index is 0.430. The highest BCUT2D eigenvalue weighted by molar-refractivity contribution is 6.37. The van der Waals surface area contributed by atoms with Gasteiger partial charge in [0.15, 0.2) is 5.82 Å². The molecule has 0 atom stereocenters. The number of pyridine rings is 1. The summed E-state index contributed by atoms with van der Waals surface area (Å²) in [5.74, 6) is 6.61. The molecule has 0 saturated heterocycles. The Balaban J connectivity index is 2.19. The molecule has 0 unspecified atom stereocenters. The summed E-state index contributed by atoms with van der Waals surface area (Å²) in [6, 6.07) is 2.14. The van der Waals surface area contributed by atoms with E-state index in [1.807, 2.05) is 7.05 Å². The van der Waals surface area contributed by atoms with Gasteiger partial charge in [-0.3, -0.25) is 0 Å². The van der Waals surface area contributed by atoms with Crippen molar-refractivity contribution in [1.82, 2.24) is 4.98 Å². The van der Waals surface area contributed by atoms with Crippen LogP contribution in [0.25, 0.3) is 0 Å². The van der Waals surface area contributed by atoms with Gasteiger partial charge in [-0.15, -0.1) is 0 Å². The molecule has 0 spiro atoms. The molecule has 0 amide bonds. The number of nitrogen functional groups attached to an aromatic ring is 1. The van der Waals surface area contributed by atoms with Crippen LogP contribution < -0.4 is 16.2 Å². The maximum Gasteiger partial charge on any atom is 0.161 e. The van der Waals surface area contributed by atoms with Crippen molar-refractivity contribution >= 4 is 34.8 Å². The number of hydrazine groups is 1. The molecule has 1 aromatic rings. The second-order valence-electron chi connectivity index (χ2n) is 6.27. The predicted octanol–water partition coefficient (Wildman–Crippen LogP) is 4.08. The van der Waals surface area contributed by atoms with Crippen LogP contribution in [0, 0.1) is 5.41 Å². The standard InChI is InChI=1S/C14H22Cl2N4/c1-14(2)6-4-9(5-7-14)20(3)13-11(16)8-10(15)12(18-13)19-17/h8-9H,4-7,17H2,1-3H3,(H,18,19). The van der Waals surface area contributed by atoms with Crippen LogP contribution in [0.1, 0.15) is 39.5 Å². The summed E-state index contributed by atoms with van der Waals surface area (Å²) in [7, 11) is 2.03. The molecule has 0 radical (unpaired) electrons. The summed E-state index contributed by atoms with van der Waals surface area (Å²) in [4.78, 5) is 6.58. The largest absolute Gasteiger partial charge is 0.355 e. The number of rotatable bonds is 3. The van der Waals surface area contributed by atoms with Crippen LogP contribution in [0.5, 0.6) is 0 Å². The third kappa shape index (κ3) is 3.30. The Bertz CT molecular complexity index is 480. The smallest absolute Gasteiger partial charge is 0.161 e. The monoisotopic (exact) mass is 316 g/mol. The number of hydrogen-bond acceptors (Lipinski definition) is 4. The van der Waals surface area contributed by atoms with E-state index in [0.717, 1.165) is 18.7 Å². The Morgan fingerprint density at radius 2 is 1.90 bits per heavy atom. The van der Waals surface area contributed by atoms with E-state index in [-0.39, 0.29) is 0 Å². The molecule has 20 heavy (non-hydrogen) atoms. The molecule has 4 nitrogen and oxygen atoms in total. The first-order chi connectivity index (χ1) is 9.34. The fraction of sp³-hybridized carbons (Fsp3) is 0.643. The lowest BCUT2D eigenvalue weighted by Gasteiger charge is -2.39. The molecule has 0 bridgehead atoms. The van der Waals surface area contributed by atoms with Gasteiger partial charge in [0, 0.05) is 13.1 Å². The van der Waals surface area contributed by atoms with Crippen LogP contribution in [0.15, 0.2) is 6.07 Å². The van der Waals surface area contributed by atoms with Crippen molar-refractivity contribution < 1.29 is 0 Å². The number of nitrogens with one attached hydrogen (secondary N) is 1. The molecule has 0 aromatic carbocycles. The van der Waals surface area contributed by atoms with Gasteiger partial charge in [0.25, 0.3) is 0 Å². The lowest BCUT2D eigenvalue weighted by Crippen LogP contribution is -2.38. The summed E-state index contributed by atoms with van der Waals surface area (Å²) in [6.07, 6.45) is 4.73. The molecule has 1 fully saturated rings. The van der Waals surface area contributed by atoms with Crippen molar-refractivity contribution in [2.45, 2.75) is 45.6 Å². The van der Waals surface area contributed by atoms with Crippen LogP contribution in [0.3, 0.4) is 0 Å². The lowest BCUT2D eigenvalue weighted by molar-refractivity contribution is 0.222. The van der Waals surface area contributed by atoms with E-state index >= 15 is 0 Å². The minimum Gasteiger partial charge on any atom is -0.355 e. The Morgan fingerprint density at radius 1 is 1.30 bits per heavy atom. The number of halogens is 2. The molecule has 0 aliphatic heterocycles. The van der Waals surface area contributed by atoms with Crippen LogP contribution in [-0.4, -0.2) is 18.1 Å². The quantitative estimate of drug-likeness (QED) is 0.651. The van der Waals surface area contributed by atoms with Gasteiger partial charge in [-0.05, 0) is 37.2 Å².